The van der Waals surface area contributed by atoms with E-state index in [-0.39, 0.29) is 11.5 Å². The summed E-state index contributed by atoms with van der Waals surface area (Å²) in [4.78, 5) is 16.5. The molecule has 1 atom stereocenters. The number of hydrogen-bond donors (Lipinski definition) is 2. The molecular weight excluding hydrogens is 402 g/mol. The summed E-state index contributed by atoms with van der Waals surface area (Å²) >= 11 is 0. The molecule has 0 bridgehead atoms. The van der Waals surface area contributed by atoms with Crippen LogP contribution in [0, 0.1) is 12.3 Å². The molecule has 1 fully saturated rings. The normalized spacial score (nSPS) is 18.1. The number of carboxylic acid groups (broad SMARTS) is 1. The first-order valence-corrected chi connectivity index (χ1v) is 11.4. The first-order valence-electron chi connectivity index (χ1n) is 11.4. The lowest BCUT2D eigenvalue weighted by Gasteiger charge is -2.36. The summed E-state index contributed by atoms with van der Waals surface area (Å²) in [5.74, 6) is 0.657. The second-order valence-corrected chi connectivity index (χ2v) is 10.00. The lowest BCUT2D eigenvalue weighted by atomic mass is 9.75. The minimum atomic E-state index is -0.923. The van der Waals surface area contributed by atoms with Crippen LogP contribution in [0.2, 0.25) is 0 Å². The summed E-state index contributed by atoms with van der Waals surface area (Å²) in [6, 6.07) is 11.8. The molecule has 2 aromatic carbocycles. The van der Waals surface area contributed by atoms with E-state index in [2.05, 4.69) is 23.7 Å². The Morgan fingerprint density at radius 2 is 1.97 bits per heavy atom. The molecule has 1 aliphatic carbocycles. The predicted octanol–water partition coefficient (Wildman–Crippen LogP) is 6.72. The number of fused-ring (bicyclic) bond motifs is 1. The number of aromatic carboxylic acids is 1. The minimum absolute atomic E-state index is 0.124. The van der Waals surface area contributed by atoms with Gasteiger partial charge in [-0.3, -0.25) is 0 Å². The molecule has 32 heavy (non-hydrogen) atoms. The summed E-state index contributed by atoms with van der Waals surface area (Å²) in [5.41, 5.74) is 3.93. The van der Waals surface area contributed by atoms with E-state index in [1.807, 2.05) is 51.1 Å². The Hall–Kier alpha value is -3.02. The first-order chi connectivity index (χ1) is 15.1. The Balaban J connectivity index is 1.77. The zero-order valence-corrected chi connectivity index (χ0v) is 19.6. The lowest BCUT2D eigenvalue weighted by Crippen LogP contribution is -2.25. The van der Waals surface area contributed by atoms with Crippen LogP contribution in [-0.4, -0.2) is 26.7 Å². The lowest BCUT2D eigenvalue weighted by molar-refractivity contribution is 0.0696. The highest BCUT2D eigenvalue weighted by Gasteiger charge is 2.31. The van der Waals surface area contributed by atoms with Gasteiger partial charge in [-0.05, 0) is 87.4 Å². The number of benzene rings is 2. The van der Waals surface area contributed by atoms with Gasteiger partial charge in [-0.25, -0.2) is 9.78 Å². The number of imidazole rings is 1. The van der Waals surface area contributed by atoms with Gasteiger partial charge < -0.3 is 19.7 Å². The van der Waals surface area contributed by atoms with Crippen molar-refractivity contribution in [3.8, 4) is 5.75 Å². The van der Waals surface area contributed by atoms with E-state index in [1.165, 1.54) is 12.8 Å². The van der Waals surface area contributed by atoms with Crippen molar-refractivity contribution >= 4 is 28.6 Å². The van der Waals surface area contributed by atoms with Crippen molar-refractivity contribution in [2.24, 2.45) is 5.41 Å². The van der Waals surface area contributed by atoms with Gasteiger partial charge >= 0.3 is 5.97 Å². The highest BCUT2D eigenvalue weighted by Crippen LogP contribution is 2.43. The van der Waals surface area contributed by atoms with E-state index < -0.39 is 5.97 Å². The SMILES string of the molecule is Cc1cc2c(cc1C(=O)O)nc(Nc1ccc(OC(C)C)cc1)n2[C@H]1CCCC(C)(C)C1. The van der Waals surface area contributed by atoms with Crippen LogP contribution in [-0.2, 0) is 0 Å². The fourth-order valence-corrected chi connectivity index (χ4v) is 4.83. The molecule has 0 aliphatic heterocycles. The molecular formula is C26H33N3O3. The number of nitrogens with one attached hydrogen (secondary N) is 1. The largest absolute Gasteiger partial charge is 0.491 e. The van der Waals surface area contributed by atoms with E-state index in [9.17, 15) is 9.90 Å². The molecule has 1 aliphatic rings. The van der Waals surface area contributed by atoms with Gasteiger partial charge in [-0.2, -0.15) is 0 Å². The molecule has 1 saturated carbocycles. The molecule has 170 valence electrons. The number of rotatable bonds is 6. The Kier molecular flexibility index (Phi) is 5.89. The highest BCUT2D eigenvalue weighted by molar-refractivity contribution is 5.95. The number of carbonyl (C=O) groups is 1. The van der Waals surface area contributed by atoms with Crippen molar-refractivity contribution in [3.05, 3.63) is 47.5 Å². The maximum absolute atomic E-state index is 11.7. The maximum atomic E-state index is 11.7. The molecule has 1 heterocycles. The molecule has 1 aromatic heterocycles. The Bertz CT molecular complexity index is 1130. The third kappa shape index (κ3) is 4.59. The van der Waals surface area contributed by atoms with Gasteiger partial charge in [0.25, 0.3) is 0 Å². The summed E-state index contributed by atoms with van der Waals surface area (Å²) in [6.45, 7) is 10.5. The monoisotopic (exact) mass is 435 g/mol. The van der Waals surface area contributed by atoms with Gasteiger partial charge in [-0.15, -0.1) is 0 Å². The fourth-order valence-electron chi connectivity index (χ4n) is 4.83. The van der Waals surface area contributed by atoms with Crippen molar-refractivity contribution in [1.82, 2.24) is 9.55 Å². The molecule has 2 N–H and O–H groups in total. The van der Waals surface area contributed by atoms with Crippen molar-refractivity contribution in [3.63, 3.8) is 0 Å². The van der Waals surface area contributed by atoms with Crippen molar-refractivity contribution < 1.29 is 14.6 Å². The number of carboxylic acids is 1. The van der Waals surface area contributed by atoms with Gasteiger partial charge in [0.05, 0.1) is 22.7 Å². The van der Waals surface area contributed by atoms with Crippen LogP contribution >= 0.6 is 0 Å². The number of hydrogen-bond acceptors (Lipinski definition) is 4. The van der Waals surface area contributed by atoms with Crippen molar-refractivity contribution in [2.45, 2.75) is 72.4 Å². The van der Waals surface area contributed by atoms with Gasteiger partial charge in [0, 0.05) is 11.7 Å². The zero-order chi connectivity index (χ0) is 23.0. The predicted molar refractivity (Wildman–Crippen MR) is 128 cm³/mol. The summed E-state index contributed by atoms with van der Waals surface area (Å²) in [7, 11) is 0. The highest BCUT2D eigenvalue weighted by atomic mass is 16.5. The molecule has 0 amide bonds. The fraction of sp³-hybridized carbons (Fsp3) is 0.462. The quantitative estimate of drug-likeness (QED) is 0.450. The second-order valence-electron chi connectivity index (χ2n) is 10.00. The van der Waals surface area contributed by atoms with E-state index >= 15 is 0 Å². The second kappa shape index (κ2) is 8.49. The Morgan fingerprint density at radius 1 is 1.25 bits per heavy atom. The summed E-state index contributed by atoms with van der Waals surface area (Å²) in [5, 5.41) is 13.1. The molecule has 6 heteroatoms. The molecule has 0 saturated heterocycles. The topological polar surface area (TPSA) is 76.4 Å². The number of anilines is 2. The van der Waals surface area contributed by atoms with E-state index in [0.29, 0.717) is 17.1 Å². The third-order valence-electron chi connectivity index (χ3n) is 6.29. The third-order valence-corrected chi connectivity index (χ3v) is 6.29. The van der Waals surface area contributed by atoms with E-state index in [0.717, 1.165) is 41.3 Å². The first kappa shape index (κ1) is 22.2. The standard InChI is InChI=1S/C26H33N3O3/c1-16(2)32-20-10-8-18(9-11-20)27-25-28-22-14-21(24(30)31)17(3)13-23(22)29(25)19-7-6-12-26(4,5)15-19/h8-11,13-14,16,19H,6-7,12,15H2,1-5H3,(H,27,28)(H,30,31)/t19-/m0/s1. The van der Waals surface area contributed by atoms with Gasteiger partial charge in [0.1, 0.15) is 5.75 Å². The number of aromatic nitrogens is 2. The molecule has 0 unspecified atom stereocenters. The maximum Gasteiger partial charge on any atom is 0.336 e. The van der Waals surface area contributed by atoms with Crippen LogP contribution in [0.15, 0.2) is 36.4 Å². The van der Waals surface area contributed by atoms with Gasteiger partial charge in [-0.1, -0.05) is 20.3 Å². The molecule has 4 rings (SSSR count). The van der Waals surface area contributed by atoms with Crippen molar-refractivity contribution in [1.29, 1.82) is 0 Å². The molecule has 3 aromatic rings. The number of ether oxygens (including phenoxy) is 1. The Morgan fingerprint density at radius 3 is 2.59 bits per heavy atom. The van der Waals surface area contributed by atoms with Gasteiger partial charge in [0.2, 0.25) is 5.95 Å². The van der Waals surface area contributed by atoms with Crippen LogP contribution in [0.25, 0.3) is 11.0 Å². The molecule has 6 nitrogen and oxygen atoms in total. The Labute approximate surface area is 189 Å². The van der Waals surface area contributed by atoms with Crippen LogP contribution < -0.4 is 10.1 Å². The number of aryl methyl sites for hydroxylation is 1. The average Bonchev–Trinajstić information content (AvgIpc) is 3.04. The van der Waals surface area contributed by atoms with E-state index in [4.69, 9.17) is 9.72 Å². The zero-order valence-electron chi connectivity index (χ0n) is 19.6. The van der Waals surface area contributed by atoms with Crippen LogP contribution in [0.1, 0.15) is 75.3 Å². The smallest absolute Gasteiger partial charge is 0.336 e. The molecule has 0 spiro atoms. The average molecular weight is 436 g/mol. The van der Waals surface area contributed by atoms with Gasteiger partial charge in [0.15, 0.2) is 0 Å². The summed E-state index contributed by atoms with van der Waals surface area (Å²) < 4.78 is 8.04. The van der Waals surface area contributed by atoms with E-state index in [1.54, 1.807) is 6.07 Å². The summed E-state index contributed by atoms with van der Waals surface area (Å²) in [6.07, 6.45) is 4.67. The molecule has 0 radical (unpaired) electrons. The number of nitrogens with zero attached hydrogens (tertiary/aromatic N) is 2. The minimum Gasteiger partial charge on any atom is -0.491 e. The van der Waals surface area contributed by atoms with Crippen molar-refractivity contribution in [2.75, 3.05) is 5.32 Å². The van der Waals surface area contributed by atoms with Crippen LogP contribution in [0.5, 0.6) is 5.75 Å². The van der Waals surface area contributed by atoms with Crippen LogP contribution in [0.4, 0.5) is 11.6 Å². The van der Waals surface area contributed by atoms with Crippen LogP contribution in [0.3, 0.4) is 0 Å².